The Morgan fingerprint density at radius 2 is 2.00 bits per heavy atom. The van der Waals surface area contributed by atoms with Crippen molar-refractivity contribution >= 4 is 17.5 Å². The van der Waals surface area contributed by atoms with Crippen LogP contribution in [0, 0.1) is 29.4 Å². The maximum atomic E-state index is 13.5. The standard InChI is InChI=1S/C27H43N3O3/c1-17-10-11-21(29-25(31)18(2)9-8-12-27(4,5)6)15-22(17)23-14-20-16-28-19(3)13-24(20)30(7,33)26(23)32/h10-11,15,18-20,23-24,28H,8-9,12-14,16H2,1-7H3,(H,29,31). The molecule has 6 unspecified atom stereocenters. The second-order valence-corrected chi connectivity index (χ2v) is 11.9. The van der Waals surface area contributed by atoms with Gasteiger partial charge in [-0.05, 0) is 61.8 Å². The normalized spacial score (nSPS) is 31.1. The van der Waals surface area contributed by atoms with Gasteiger partial charge in [0.2, 0.25) is 5.91 Å². The van der Waals surface area contributed by atoms with Gasteiger partial charge in [0.05, 0.1) is 7.05 Å². The number of hydrogen-bond acceptors (Lipinski definition) is 4. The van der Waals surface area contributed by atoms with E-state index in [0.29, 0.717) is 12.1 Å². The van der Waals surface area contributed by atoms with E-state index in [0.717, 1.165) is 43.4 Å². The minimum Gasteiger partial charge on any atom is -0.625 e. The summed E-state index contributed by atoms with van der Waals surface area (Å²) in [6.07, 6.45) is 4.36. The highest BCUT2D eigenvalue weighted by Crippen LogP contribution is 2.42. The number of amides is 2. The topological polar surface area (TPSA) is 81.3 Å². The van der Waals surface area contributed by atoms with E-state index in [4.69, 9.17) is 0 Å². The monoisotopic (exact) mass is 457 g/mol. The van der Waals surface area contributed by atoms with Crippen LogP contribution in [0.1, 0.15) is 83.8 Å². The summed E-state index contributed by atoms with van der Waals surface area (Å²) in [5, 5.41) is 20.0. The summed E-state index contributed by atoms with van der Waals surface area (Å²) in [6, 6.07) is 5.83. The van der Waals surface area contributed by atoms with Crippen molar-refractivity contribution in [3.05, 3.63) is 34.5 Å². The number of carbonyl (C=O) groups is 2. The summed E-state index contributed by atoms with van der Waals surface area (Å²) >= 11 is 0. The largest absolute Gasteiger partial charge is 0.625 e. The molecular formula is C27H43N3O3. The molecule has 0 saturated carbocycles. The summed E-state index contributed by atoms with van der Waals surface area (Å²) < 4.78 is -0.803. The zero-order valence-corrected chi connectivity index (χ0v) is 21.5. The fourth-order valence-electron chi connectivity index (χ4n) is 5.54. The second kappa shape index (κ2) is 9.85. The maximum absolute atomic E-state index is 13.5. The lowest BCUT2D eigenvalue weighted by Crippen LogP contribution is -2.65. The predicted molar refractivity (Wildman–Crippen MR) is 134 cm³/mol. The van der Waals surface area contributed by atoms with E-state index in [1.54, 1.807) is 0 Å². The zero-order valence-electron chi connectivity index (χ0n) is 21.5. The first-order chi connectivity index (χ1) is 15.3. The predicted octanol–water partition coefficient (Wildman–Crippen LogP) is 5.11. The quantitative estimate of drug-likeness (QED) is 0.459. The van der Waals surface area contributed by atoms with Crippen molar-refractivity contribution < 1.29 is 14.2 Å². The van der Waals surface area contributed by atoms with E-state index in [2.05, 4.69) is 38.3 Å². The van der Waals surface area contributed by atoms with E-state index < -0.39 is 10.6 Å². The molecule has 6 heteroatoms. The van der Waals surface area contributed by atoms with E-state index in [9.17, 15) is 14.8 Å². The molecule has 3 rings (SSSR count). The van der Waals surface area contributed by atoms with Crippen LogP contribution in [-0.2, 0) is 9.59 Å². The van der Waals surface area contributed by atoms with E-state index in [-0.39, 0.29) is 41.1 Å². The highest BCUT2D eigenvalue weighted by molar-refractivity contribution is 5.92. The van der Waals surface area contributed by atoms with Gasteiger partial charge in [0.15, 0.2) is 0 Å². The van der Waals surface area contributed by atoms with Crippen molar-refractivity contribution in [3.63, 3.8) is 0 Å². The molecule has 33 heavy (non-hydrogen) atoms. The summed E-state index contributed by atoms with van der Waals surface area (Å²) in [5.41, 5.74) is 2.83. The minimum absolute atomic E-state index is 0.00339. The first-order valence-corrected chi connectivity index (χ1v) is 12.6. The molecular weight excluding hydrogens is 414 g/mol. The number of likely N-dealkylation sites (tertiary alicyclic amines) is 1. The molecule has 0 aromatic heterocycles. The third kappa shape index (κ3) is 6.03. The fourth-order valence-corrected chi connectivity index (χ4v) is 5.54. The number of anilines is 1. The number of rotatable bonds is 6. The van der Waals surface area contributed by atoms with Crippen LogP contribution in [-0.4, -0.2) is 42.1 Å². The Labute approximate surface area is 199 Å². The minimum atomic E-state index is -0.803. The van der Waals surface area contributed by atoms with Gasteiger partial charge in [-0.2, -0.15) is 0 Å². The summed E-state index contributed by atoms with van der Waals surface area (Å²) in [4.78, 5) is 26.1. The molecule has 184 valence electrons. The molecule has 2 N–H and O–H groups in total. The number of likely N-dealkylation sites (N-methyl/N-ethyl adjacent to an activating group) is 1. The van der Waals surface area contributed by atoms with Crippen LogP contribution in [0.4, 0.5) is 5.69 Å². The van der Waals surface area contributed by atoms with Crippen LogP contribution in [0.3, 0.4) is 0 Å². The average Bonchev–Trinajstić information content (AvgIpc) is 2.72. The molecule has 2 amide bonds. The van der Waals surface area contributed by atoms with Gasteiger partial charge in [0, 0.05) is 36.5 Å². The van der Waals surface area contributed by atoms with Gasteiger partial charge in [-0.15, -0.1) is 0 Å². The Hall–Kier alpha value is -1.76. The van der Waals surface area contributed by atoms with Crippen molar-refractivity contribution in [1.29, 1.82) is 0 Å². The molecule has 0 spiro atoms. The summed E-state index contributed by atoms with van der Waals surface area (Å²) in [5.74, 6) is -0.598. The lowest BCUT2D eigenvalue weighted by Gasteiger charge is -2.54. The summed E-state index contributed by atoms with van der Waals surface area (Å²) in [7, 11) is 1.53. The molecule has 0 bridgehead atoms. The van der Waals surface area contributed by atoms with Gasteiger partial charge in [-0.1, -0.05) is 40.2 Å². The van der Waals surface area contributed by atoms with Crippen molar-refractivity contribution in [3.8, 4) is 0 Å². The Kier molecular flexibility index (Phi) is 7.72. The maximum Gasteiger partial charge on any atom is 0.321 e. The first kappa shape index (κ1) is 25.9. The number of benzene rings is 1. The number of hydroxylamine groups is 3. The molecule has 2 aliphatic rings. The second-order valence-electron chi connectivity index (χ2n) is 11.9. The molecule has 2 heterocycles. The van der Waals surface area contributed by atoms with Gasteiger partial charge < -0.3 is 15.8 Å². The number of carbonyl (C=O) groups excluding carboxylic acids is 2. The van der Waals surface area contributed by atoms with Crippen molar-refractivity contribution in [2.45, 2.75) is 91.6 Å². The number of fused-ring (bicyclic) bond motifs is 1. The number of quaternary nitrogens is 1. The molecule has 1 aromatic carbocycles. The first-order valence-electron chi connectivity index (χ1n) is 12.6. The van der Waals surface area contributed by atoms with Gasteiger partial charge in [-0.25, -0.2) is 4.79 Å². The Bertz CT molecular complexity index is 874. The van der Waals surface area contributed by atoms with Gasteiger partial charge >= 0.3 is 5.91 Å². The third-order valence-corrected chi connectivity index (χ3v) is 7.71. The van der Waals surface area contributed by atoms with Crippen molar-refractivity contribution in [2.75, 3.05) is 18.9 Å². The zero-order chi connectivity index (χ0) is 24.6. The molecule has 6 nitrogen and oxygen atoms in total. The third-order valence-electron chi connectivity index (χ3n) is 7.71. The van der Waals surface area contributed by atoms with Gasteiger partial charge in [0.25, 0.3) is 0 Å². The van der Waals surface area contributed by atoms with E-state index in [1.165, 1.54) is 7.05 Å². The van der Waals surface area contributed by atoms with Crippen LogP contribution in [0.25, 0.3) is 0 Å². The number of piperidine rings is 2. The SMILES string of the molecule is Cc1ccc(NC(=O)C(C)CCCC(C)(C)C)cc1C1CC2CNC(C)CC2[N+](C)([O-])C1=O. The van der Waals surface area contributed by atoms with Gasteiger partial charge in [0.1, 0.15) is 12.0 Å². The smallest absolute Gasteiger partial charge is 0.321 e. The molecule has 0 radical (unpaired) electrons. The van der Waals surface area contributed by atoms with Crippen LogP contribution in [0.15, 0.2) is 18.2 Å². The molecule has 2 saturated heterocycles. The summed E-state index contributed by atoms with van der Waals surface area (Å²) in [6.45, 7) is 13.4. The molecule has 2 aliphatic heterocycles. The molecule has 1 aromatic rings. The highest BCUT2D eigenvalue weighted by Gasteiger charge is 2.50. The number of hydrogen-bond donors (Lipinski definition) is 2. The van der Waals surface area contributed by atoms with Crippen molar-refractivity contribution in [2.24, 2.45) is 17.3 Å². The molecule has 2 fully saturated rings. The molecule has 6 atom stereocenters. The highest BCUT2D eigenvalue weighted by atomic mass is 16.6. The Morgan fingerprint density at radius 3 is 2.67 bits per heavy atom. The van der Waals surface area contributed by atoms with Crippen LogP contribution >= 0.6 is 0 Å². The van der Waals surface area contributed by atoms with E-state index in [1.807, 2.05) is 32.0 Å². The van der Waals surface area contributed by atoms with Crippen LogP contribution in [0.5, 0.6) is 0 Å². The molecule has 0 aliphatic carbocycles. The Balaban J connectivity index is 1.73. The Morgan fingerprint density at radius 1 is 1.30 bits per heavy atom. The van der Waals surface area contributed by atoms with E-state index >= 15 is 0 Å². The fraction of sp³-hybridized carbons (Fsp3) is 0.704. The number of nitrogens with one attached hydrogen (secondary N) is 2. The average molecular weight is 458 g/mol. The van der Waals surface area contributed by atoms with Gasteiger partial charge in [-0.3, -0.25) is 9.44 Å². The van der Waals surface area contributed by atoms with Crippen LogP contribution < -0.4 is 10.6 Å². The lowest BCUT2D eigenvalue weighted by atomic mass is 9.74. The number of nitrogens with zero attached hydrogens (tertiary/aromatic N) is 1. The van der Waals surface area contributed by atoms with Crippen molar-refractivity contribution in [1.82, 2.24) is 5.32 Å². The number of aryl methyl sites for hydroxylation is 1. The van der Waals surface area contributed by atoms with Crippen LogP contribution in [0.2, 0.25) is 0 Å². The lowest BCUT2D eigenvalue weighted by molar-refractivity contribution is -0.822.